The first-order valence-corrected chi connectivity index (χ1v) is 9.35. The van der Waals surface area contributed by atoms with E-state index in [0.29, 0.717) is 12.3 Å². The van der Waals surface area contributed by atoms with Crippen LogP contribution in [0.5, 0.6) is 5.75 Å². The Labute approximate surface area is 166 Å². The maximum absolute atomic E-state index is 12.6. The van der Waals surface area contributed by atoms with Crippen LogP contribution in [0.4, 0.5) is 0 Å². The van der Waals surface area contributed by atoms with Crippen molar-refractivity contribution in [1.29, 1.82) is 0 Å². The highest BCUT2D eigenvalue weighted by atomic mass is 79.9. The van der Waals surface area contributed by atoms with E-state index < -0.39 is 0 Å². The highest BCUT2D eigenvalue weighted by Gasteiger charge is 2.19. The van der Waals surface area contributed by atoms with E-state index in [9.17, 15) is 4.79 Å². The molecule has 2 heterocycles. The fraction of sp³-hybridized carbons (Fsp3) is 0.300. The molecule has 0 N–H and O–H groups in total. The smallest absolute Gasteiger partial charge is 0.289 e. The number of hydrogen-bond acceptors (Lipinski definition) is 4. The SMILES string of the molecule is Cc1cccc(C)c1OCc1ccc(C(=O)N(C)Cc2c(Br)cnn2C)o1. The van der Waals surface area contributed by atoms with Crippen LogP contribution >= 0.6 is 15.9 Å². The van der Waals surface area contributed by atoms with E-state index >= 15 is 0 Å². The van der Waals surface area contributed by atoms with Crippen molar-refractivity contribution in [2.24, 2.45) is 7.05 Å². The molecule has 0 spiro atoms. The van der Waals surface area contributed by atoms with Crippen LogP contribution in [0.2, 0.25) is 0 Å². The number of carbonyl (C=O) groups is 1. The largest absolute Gasteiger partial charge is 0.485 e. The monoisotopic (exact) mass is 431 g/mol. The summed E-state index contributed by atoms with van der Waals surface area (Å²) in [6.45, 7) is 4.71. The zero-order valence-electron chi connectivity index (χ0n) is 15.8. The molecular formula is C20H22BrN3O3. The van der Waals surface area contributed by atoms with Gasteiger partial charge in [0, 0.05) is 14.1 Å². The highest BCUT2D eigenvalue weighted by molar-refractivity contribution is 9.10. The standard InChI is InChI=1S/C20H22BrN3O3/c1-13-6-5-7-14(2)19(13)26-12-15-8-9-18(27-15)20(25)23(3)11-17-16(21)10-22-24(17)4/h5-10H,11-12H2,1-4H3. The summed E-state index contributed by atoms with van der Waals surface area (Å²) in [4.78, 5) is 14.2. The Morgan fingerprint density at radius 2 is 1.96 bits per heavy atom. The van der Waals surface area contributed by atoms with Crippen molar-refractivity contribution < 1.29 is 13.9 Å². The lowest BCUT2D eigenvalue weighted by atomic mass is 10.1. The van der Waals surface area contributed by atoms with Crippen molar-refractivity contribution >= 4 is 21.8 Å². The summed E-state index contributed by atoms with van der Waals surface area (Å²) in [7, 11) is 3.57. The van der Waals surface area contributed by atoms with Crippen molar-refractivity contribution in [3.63, 3.8) is 0 Å². The fourth-order valence-electron chi connectivity index (χ4n) is 2.84. The van der Waals surface area contributed by atoms with Gasteiger partial charge in [-0.2, -0.15) is 5.10 Å². The number of ether oxygens (including phenoxy) is 1. The number of benzene rings is 1. The molecule has 0 atom stereocenters. The summed E-state index contributed by atoms with van der Waals surface area (Å²) in [5.41, 5.74) is 3.05. The summed E-state index contributed by atoms with van der Waals surface area (Å²) in [6.07, 6.45) is 1.71. The zero-order valence-corrected chi connectivity index (χ0v) is 17.4. The molecule has 2 aromatic heterocycles. The Hall–Kier alpha value is -2.54. The van der Waals surface area contributed by atoms with Gasteiger partial charge >= 0.3 is 0 Å². The number of amides is 1. The lowest BCUT2D eigenvalue weighted by Gasteiger charge is -2.16. The van der Waals surface area contributed by atoms with Crippen LogP contribution in [-0.2, 0) is 20.2 Å². The molecule has 3 rings (SSSR count). The molecule has 0 saturated heterocycles. The number of halogens is 1. The van der Waals surface area contributed by atoms with Crippen LogP contribution in [0.1, 0.15) is 33.1 Å². The number of nitrogens with zero attached hydrogens (tertiary/aromatic N) is 3. The van der Waals surface area contributed by atoms with E-state index in [-0.39, 0.29) is 18.3 Å². The average molecular weight is 432 g/mol. The number of aryl methyl sites for hydroxylation is 3. The normalized spacial score (nSPS) is 10.9. The fourth-order valence-corrected chi connectivity index (χ4v) is 3.31. The van der Waals surface area contributed by atoms with Gasteiger partial charge in [-0.25, -0.2) is 0 Å². The number of rotatable bonds is 6. The molecule has 1 amide bonds. The Morgan fingerprint density at radius 1 is 1.26 bits per heavy atom. The third-order valence-electron chi connectivity index (χ3n) is 4.38. The molecule has 0 fully saturated rings. The number of carbonyl (C=O) groups excluding carboxylic acids is 1. The second-order valence-electron chi connectivity index (χ2n) is 6.50. The van der Waals surface area contributed by atoms with Crippen LogP contribution in [0.25, 0.3) is 0 Å². The topological polar surface area (TPSA) is 60.5 Å². The number of furan rings is 1. The van der Waals surface area contributed by atoms with Crippen LogP contribution in [0.3, 0.4) is 0 Å². The minimum absolute atomic E-state index is 0.193. The molecule has 7 heteroatoms. The molecule has 6 nitrogen and oxygen atoms in total. The molecular weight excluding hydrogens is 410 g/mol. The number of hydrogen-bond donors (Lipinski definition) is 0. The van der Waals surface area contributed by atoms with Crippen molar-refractivity contribution in [3.8, 4) is 5.75 Å². The van der Waals surface area contributed by atoms with Gasteiger partial charge in [0.25, 0.3) is 5.91 Å². The molecule has 0 aliphatic carbocycles. The third kappa shape index (κ3) is 4.24. The van der Waals surface area contributed by atoms with E-state index in [1.54, 1.807) is 35.0 Å². The maximum atomic E-state index is 12.6. The average Bonchev–Trinajstić information content (AvgIpc) is 3.22. The van der Waals surface area contributed by atoms with Gasteiger partial charge < -0.3 is 14.1 Å². The predicted molar refractivity (Wildman–Crippen MR) is 106 cm³/mol. The van der Waals surface area contributed by atoms with Gasteiger partial charge in [-0.15, -0.1) is 0 Å². The van der Waals surface area contributed by atoms with Crippen LogP contribution < -0.4 is 4.74 Å². The predicted octanol–water partition coefficient (Wildman–Crippen LogP) is 4.24. The Balaban J connectivity index is 1.65. The van der Waals surface area contributed by atoms with E-state index in [2.05, 4.69) is 21.0 Å². The Kier molecular flexibility index (Phi) is 5.70. The van der Waals surface area contributed by atoms with Gasteiger partial charge in [0.1, 0.15) is 18.1 Å². The summed E-state index contributed by atoms with van der Waals surface area (Å²) in [5, 5.41) is 4.16. The van der Waals surface area contributed by atoms with Crippen LogP contribution in [0, 0.1) is 13.8 Å². The van der Waals surface area contributed by atoms with Crippen molar-refractivity contribution in [1.82, 2.24) is 14.7 Å². The summed E-state index contributed by atoms with van der Waals surface area (Å²) in [5.74, 6) is 1.55. The van der Waals surface area contributed by atoms with Crippen molar-refractivity contribution in [2.45, 2.75) is 27.0 Å². The second-order valence-corrected chi connectivity index (χ2v) is 7.35. The minimum Gasteiger partial charge on any atom is -0.485 e. The van der Waals surface area contributed by atoms with E-state index in [4.69, 9.17) is 9.15 Å². The summed E-state index contributed by atoms with van der Waals surface area (Å²) < 4.78 is 14.2. The number of para-hydroxylation sites is 1. The molecule has 27 heavy (non-hydrogen) atoms. The first kappa shape index (κ1) is 19.2. The maximum Gasteiger partial charge on any atom is 0.289 e. The molecule has 0 aliphatic heterocycles. The van der Waals surface area contributed by atoms with Gasteiger partial charge in [0.15, 0.2) is 5.76 Å². The van der Waals surface area contributed by atoms with Crippen molar-refractivity contribution in [2.75, 3.05) is 7.05 Å². The van der Waals surface area contributed by atoms with Gasteiger partial charge in [-0.3, -0.25) is 9.48 Å². The van der Waals surface area contributed by atoms with Gasteiger partial charge in [0.05, 0.1) is 22.9 Å². The highest BCUT2D eigenvalue weighted by Crippen LogP contribution is 2.24. The zero-order chi connectivity index (χ0) is 19.6. The molecule has 0 radical (unpaired) electrons. The Bertz CT molecular complexity index is 922. The first-order chi connectivity index (χ1) is 12.9. The molecule has 0 saturated carbocycles. The van der Waals surface area contributed by atoms with Gasteiger partial charge in [-0.1, -0.05) is 18.2 Å². The van der Waals surface area contributed by atoms with Crippen LogP contribution in [0.15, 0.2) is 45.4 Å². The molecule has 0 bridgehead atoms. The summed E-state index contributed by atoms with van der Waals surface area (Å²) >= 11 is 3.45. The molecule has 142 valence electrons. The van der Waals surface area contributed by atoms with Gasteiger partial charge in [-0.05, 0) is 53.0 Å². The molecule has 3 aromatic rings. The Morgan fingerprint density at radius 3 is 2.59 bits per heavy atom. The first-order valence-electron chi connectivity index (χ1n) is 8.56. The van der Waals surface area contributed by atoms with E-state index in [1.807, 2.05) is 39.1 Å². The number of aromatic nitrogens is 2. The molecule has 1 aromatic carbocycles. The third-order valence-corrected chi connectivity index (χ3v) is 5.05. The molecule has 0 unspecified atom stereocenters. The second kappa shape index (κ2) is 8.00. The lowest BCUT2D eigenvalue weighted by molar-refractivity contribution is 0.0746. The van der Waals surface area contributed by atoms with Crippen LogP contribution in [-0.4, -0.2) is 27.6 Å². The van der Waals surface area contributed by atoms with Gasteiger partial charge in [0.2, 0.25) is 0 Å². The molecule has 0 aliphatic rings. The lowest BCUT2D eigenvalue weighted by Crippen LogP contribution is -2.27. The minimum atomic E-state index is -0.193. The van der Waals surface area contributed by atoms with E-state index in [0.717, 1.165) is 27.0 Å². The summed E-state index contributed by atoms with van der Waals surface area (Å²) in [6, 6.07) is 9.46. The van der Waals surface area contributed by atoms with E-state index in [1.165, 1.54) is 0 Å². The van der Waals surface area contributed by atoms with Crippen molar-refractivity contribution in [3.05, 3.63) is 69.3 Å². The quantitative estimate of drug-likeness (QED) is 0.585.